The Morgan fingerprint density at radius 3 is 2.32 bits per heavy atom. The van der Waals surface area contributed by atoms with Gasteiger partial charge in [0.05, 0.1) is 28.9 Å². The molecule has 0 aliphatic carbocycles. The summed E-state index contributed by atoms with van der Waals surface area (Å²) >= 11 is 0. The number of nitrogens with zero attached hydrogens (tertiary/aromatic N) is 2. The van der Waals surface area contributed by atoms with Crippen molar-refractivity contribution in [2.24, 2.45) is 10.2 Å². The number of anilines is 1. The molecule has 0 saturated heterocycles. The zero-order chi connectivity index (χ0) is 24.3. The number of fused-ring (bicyclic) bond motifs is 1. The van der Waals surface area contributed by atoms with E-state index in [1.807, 2.05) is 0 Å². The molecular formula is C24H19N3O6S. The van der Waals surface area contributed by atoms with E-state index in [9.17, 15) is 18.3 Å². The highest BCUT2D eigenvalue weighted by atomic mass is 32.2. The summed E-state index contributed by atoms with van der Waals surface area (Å²) in [5.74, 6) is -0.476. The number of methoxy groups -OCH3 is 1. The fourth-order valence-corrected chi connectivity index (χ4v) is 3.80. The molecule has 34 heavy (non-hydrogen) atoms. The van der Waals surface area contributed by atoms with Crippen LogP contribution in [0.1, 0.15) is 10.4 Å². The second-order valence-electron chi connectivity index (χ2n) is 7.17. The SMILES string of the molecule is COc1ccccc1NC(=O)c1cc2ccccc2c(/N=N/c2ccc(S(=O)(=O)O)cc2)c1O. The van der Waals surface area contributed by atoms with Crippen molar-refractivity contribution in [1.82, 2.24) is 0 Å². The second kappa shape index (κ2) is 9.30. The molecule has 4 aromatic carbocycles. The lowest BCUT2D eigenvalue weighted by Gasteiger charge is -2.13. The molecule has 3 N–H and O–H groups in total. The van der Waals surface area contributed by atoms with E-state index in [1.165, 1.54) is 31.4 Å². The van der Waals surface area contributed by atoms with E-state index in [0.717, 1.165) is 0 Å². The summed E-state index contributed by atoms with van der Waals surface area (Å²) in [7, 11) is -2.85. The van der Waals surface area contributed by atoms with Gasteiger partial charge >= 0.3 is 0 Å². The first-order valence-electron chi connectivity index (χ1n) is 9.96. The van der Waals surface area contributed by atoms with Gasteiger partial charge in [0.2, 0.25) is 0 Å². The van der Waals surface area contributed by atoms with Gasteiger partial charge in [0, 0.05) is 5.39 Å². The van der Waals surface area contributed by atoms with E-state index < -0.39 is 16.0 Å². The number of hydrogen-bond acceptors (Lipinski definition) is 7. The smallest absolute Gasteiger partial charge is 0.294 e. The van der Waals surface area contributed by atoms with Crippen LogP contribution in [0.2, 0.25) is 0 Å². The fraction of sp³-hybridized carbons (Fsp3) is 0.0417. The van der Waals surface area contributed by atoms with Crippen LogP contribution in [0.5, 0.6) is 11.5 Å². The van der Waals surface area contributed by atoms with Gasteiger partial charge < -0.3 is 15.2 Å². The predicted octanol–water partition coefficient (Wildman–Crippen LogP) is 5.47. The van der Waals surface area contributed by atoms with Crippen molar-refractivity contribution in [1.29, 1.82) is 0 Å². The van der Waals surface area contributed by atoms with Crippen LogP contribution in [0.3, 0.4) is 0 Å². The summed E-state index contributed by atoms with van der Waals surface area (Å²) in [5, 5.41) is 23.1. The van der Waals surface area contributed by atoms with Crippen molar-refractivity contribution < 1.29 is 27.6 Å². The normalized spacial score (nSPS) is 11.6. The molecule has 0 aliphatic heterocycles. The summed E-state index contributed by atoms with van der Waals surface area (Å²) in [6, 6.07) is 20.5. The molecule has 10 heteroatoms. The first kappa shape index (κ1) is 22.9. The summed E-state index contributed by atoms with van der Waals surface area (Å²) < 4.78 is 36.8. The van der Waals surface area contributed by atoms with E-state index in [-0.39, 0.29) is 27.6 Å². The maximum Gasteiger partial charge on any atom is 0.294 e. The van der Waals surface area contributed by atoms with Crippen LogP contribution in [0, 0.1) is 0 Å². The van der Waals surface area contributed by atoms with Crippen molar-refractivity contribution >= 4 is 43.9 Å². The maximum atomic E-state index is 13.0. The molecule has 0 radical (unpaired) electrons. The van der Waals surface area contributed by atoms with Gasteiger partial charge in [-0.1, -0.05) is 36.4 Å². The molecule has 0 saturated carbocycles. The molecule has 0 heterocycles. The number of nitrogens with one attached hydrogen (secondary N) is 1. The van der Waals surface area contributed by atoms with Crippen molar-refractivity contribution in [3.05, 3.63) is 84.4 Å². The Kier molecular flexibility index (Phi) is 6.26. The quantitative estimate of drug-likeness (QED) is 0.249. The molecule has 172 valence electrons. The van der Waals surface area contributed by atoms with Crippen LogP contribution < -0.4 is 10.1 Å². The summed E-state index contributed by atoms with van der Waals surface area (Å²) in [6.07, 6.45) is 0. The Morgan fingerprint density at radius 1 is 0.941 bits per heavy atom. The maximum absolute atomic E-state index is 13.0. The average molecular weight is 477 g/mol. The third kappa shape index (κ3) is 4.72. The number of rotatable bonds is 6. The Hall–Kier alpha value is -4.28. The Balaban J connectivity index is 1.74. The molecule has 0 unspecified atom stereocenters. The lowest BCUT2D eigenvalue weighted by molar-refractivity contribution is 0.102. The first-order chi connectivity index (χ1) is 16.3. The zero-order valence-electron chi connectivity index (χ0n) is 17.8. The number of ether oxygens (including phenoxy) is 1. The van der Waals surface area contributed by atoms with E-state index in [4.69, 9.17) is 9.29 Å². The molecule has 0 bridgehead atoms. The van der Waals surface area contributed by atoms with Gasteiger partial charge in [-0.2, -0.15) is 13.5 Å². The number of benzene rings is 4. The van der Waals surface area contributed by atoms with E-state index in [1.54, 1.807) is 54.6 Å². The predicted molar refractivity (Wildman–Crippen MR) is 127 cm³/mol. The first-order valence-corrected chi connectivity index (χ1v) is 11.4. The number of azo groups is 1. The number of aromatic hydroxyl groups is 1. The highest BCUT2D eigenvalue weighted by molar-refractivity contribution is 7.85. The Bertz CT molecular complexity index is 1520. The molecule has 0 fully saturated rings. The number of amides is 1. The number of carbonyl (C=O) groups is 1. The van der Waals surface area contributed by atoms with Crippen LogP contribution in [0.25, 0.3) is 10.8 Å². The van der Waals surface area contributed by atoms with Crippen molar-refractivity contribution in [3.63, 3.8) is 0 Å². The number of phenols is 1. The van der Waals surface area contributed by atoms with Gasteiger partial charge in [-0.25, -0.2) is 0 Å². The fourth-order valence-electron chi connectivity index (χ4n) is 3.32. The van der Waals surface area contributed by atoms with Gasteiger partial charge in [-0.3, -0.25) is 9.35 Å². The van der Waals surface area contributed by atoms with Gasteiger partial charge in [0.25, 0.3) is 16.0 Å². The molecule has 0 atom stereocenters. The third-order valence-corrected chi connectivity index (χ3v) is 5.86. The van der Waals surface area contributed by atoms with E-state index in [2.05, 4.69) is 15.5 Å². The van der Waals surface area contributed by atoms with Gasteiger partial charge in [0.15, 0.2) is 5.75 Å². The molecule has 4 rings (SSSR count). The van der Waals surface area contributed by atoms with Crippen LogP contribution in [0.15, 0.2) is 94.0 Å². The van der Waals surface area contributed by atoms with Crippen LogP contribution in [-0.2, 0) is 10.1 Å². The van der Waals surface area contributed by atoms with Crippen molar-refractivity contribution in [3.8, 4) is 11.5 Å². The molecule has 1 amide bonds. The van der Waals surface area contributed by atoms with Crippen molar-refractivity contribution in [2.75, 3.05) is 12.4 Å². The zero-order valence-corrected chi connectivity index (χ0v) is 18.7. The van der Waals surface area contributed by atoms with Crippen LogP contribution in [-0.4, -0.2) is 31.1 Å². The van der Waals surface area contributed by atoms with Crippen LogP contribution >= 0.6 is 0 Å². The summed E-state index contributed by atoms with van der Waals surface area (Å²) in [4.78, 5) is 12.7. The number of para-hydroxylation sites is 2. The number of carbonyl (C=O) groups excluding carboxylic acids is 1. The van der Waals surface area contributed by atoms with Gasteiger partial charge in [-0.05, 0) is 47.9 Å². The summed E-state index contributed by atoms with van der Waals surface area (Å²) in [5.41, 5.74) is 0.770. The topological polar surface area (TPSA) is 138 Å². The lowest BCUT2D eigenvalue weighted by Crippen LogP contribution is -2.13. The second-order valence-corrected chi connectivity index (χ2v) is 8.59. The average Bonchev–Trinajstić information content (AvgIpc) is 2.83. The van der Waals surface area contributed by atoms with Crippen molar-refractivity contribution in [2.45, 2.75) is 4.90 Å². The minimum atomic E-state index is -4.33. The van der Waals surface area contributed by atoms with E-state index in [0.29, 0.717) is 22.2 Å². The molecule has 0 spiro atoms. The van der Waals surface area contributed by atoms with Gasteiger partial charge in [0.1, 0.15) is 11.4 Å². The molecule has 0 aliphatic rings. The standard InChI is InChI=1S/C24H19N3O6S/c1-33-21-9-5-4-8-20(21)25-24(29)19-14-15-6-2-3-7-18(15)22(23(19)28)27-26-16-10-12-17(13-11-16)34(30,31)32/h2-14,28H,1H3,(H,25,29)(H,30,31,32)/b27-26+. The third-order valence-electron chi connectivity index (χ3n) is 5.00. The summed E-state index contributed by atoms with van der Waals surface area (Å²) in [6.45, 7) is 0. The molecular weight excluding hydrogens is 458 g/mol. The Labute approximate surface area is 195 Å². The monoisotopic (exact) mass is 477 g/mol. The van der Waals surface area contributed by atoms with E-state index >= 15 is 0 Å². The molecule has 9 nitrogen and oxygen atoms in total. The van der Waals surface area contributed by atoms with Crippen LogP contribution in [0.4, 0.5) is 17.1 Å². The molecule has 4 aromatic rings. The minimum Gasteiger partial charge on any atom is -0.505 e. The highest BCUT2D eigenvalue weighted by Gasteiger charge is 2.19. The van der Waals surface area contributed by atoms with Gasteiger partial charge in [-0.15, -0.1) is 5.11 Å². The highest BCUT2D eigenvalue weighted by Crippen LogP contribution is 2.40. The number of hydrogen-bond donors (Lipinski definition) is 3. The molecule has 0 aromatic heterocycles. The minimum absolute atomic E-state index is 0.0136. The largest absolute Gasteiger partial charge is 0.505 e. The Morgan fingerprint density at radius 2 is 1.62 bits per heavy atom. The number of phenolic OH excluding ortho intramolecular Hbond substituents is 1. The lowest BCUT2D eigenvalue weighted by atomic mass is 10.0.